The number of anilines is 1. The molecule has 0 radical (unpaired) electrons. The largest absolute Gasteiger partial charge is 0.489 e. The van der Waals surface area contributed by atoms with Crippen LogP contribution in [0.2, 0.25) is 0 Å². The maximum Gasteiger partial charge on any atom is 0.146 e. The second-order valence-corrected chi connectivity index (χ2v) is 6.20. The van der Waals surface area contributed by atoms with Gasteiger partial charge in [0.1, 0.15) is 24.4 Å². The van der Waals surface area contributed by atoms with Crippen molar-refractivity contribution >= 4 is 5.69 Å². The first-order valence-corrected chi connectivity index (χ1v) is 8.41. The lowest BCUT2D eigenvalue weighted by Gasteiger charge is -2.23. The number of likely N-dealkylation sites (tertiary alicyclic amines) is 1. The highest BCUT2D eigenvalue weighted by molar-refractivity contribution is 5.45. The van der Waals surface area contributed by atoms with Crippen LogP contribution in [0.4, 0.5) is 10.1 Å². The molecule has 1 aliphatic heterocycles. The summed E-state index contributed by atoms with van der Waals surface area (Å²) in [5.41, 5.74) is 1.30. The number of nitrogens with zero attached hydrogens (tertiary/aromatic N) is 1. The van der Waals surface area contributed by atoms with Gasteiger partial charge in [-0.2, -0.15) is 0 Å². The van der Waals surface area contributed by atoms with E-state index in [0.29, 0.717) is 18.0 Å². The van der Waals surface area contributed by atoms with Gasteiger partial charge in [0.2, 0.25) is 0 Å². The molecule has 1 saturated heterocycles. The smallest absolute Gasteiger partial charge is 0.146 e. The van der Waals surface area contributed by atoms with Crippen molar-refractivity contribution < 1.29 is 19.3 Å². The molecule has 0 amide bonds. The van der Waals surface area contributed by atoms with Crippen LogP contribution in [0.1, 0.15) is 12.0 Å². The first-order chi connectivity index (χ1) is 12.2. The van der Waals surface area contributed by atoms with Crippen molar-refractivity contribution in [1.29, 1.82) is 0 Å². The van der Waals surface area contributed by atoms with Gasteiger partial charge in [0.15, 0.2) is 0 Å². The quantitative estimate of drug-likeness (QED) is 0.717. The average molecular weight is 346 g/mol. The third kappa shape index (κ3) is 4.69. The van der Waals surface area contributed by atoms with Gasteiger partial charge in [-0.1, -0.05) is 24.3 Å². The van der Waals surface area contributed by atoms with Crippen molar-refractivity contribution in [3.05, 3.63) is 59.9 Å². The number of para-hydroxylation sites is 1. The number of halogens is 1. The Morgan fingerprint density at radius 3 is 2.68 bits per heavy atom. The zero-order valence-electron chi connectivity index (χ0n) is 13.9. The van der Waals surface area contributed by atoms with Crippen molar-refractivity contribution in [1.82, 2.24) is 4.90 Å². The third-order valence-electron chi connectivity index (χ3n) is 4.38. The van der Waals surface area contributed by atoms with E-state index < -0.39 is 6.23 Å². The summed E-state index contributed by atoms with van der Waals surface area (Å²) >= 11 is 0. The highest BCUT2D eigenvalue weighted by Crippen LogP contribution is 2.20. The second-order valence-electron chi connectivity index (χ2n) is 6.20. The molecule has 25 heavy (non-hydrogen) atoms. The molecule has 134 valence electrons. The minimum atomic E-state index is -0.718. The topological polar surface area (TPSA) is 65.0 Å². The molecule has 1 heterocycles. The van der Waals surface area contributed by atoms with E-state index in [2.05, 4.69) is 5.32 Å². The summed E-state index contributed by atoms with van der Waals surface area (Å²) in [6, 6.07) is 13.8. The van der Waals surface area contributed by atoms with Gasteiger partial charge in [-0.3, -0.25) is 4.90 Å². The van der Waals surface area contributed by atoms with E-state index >= 15 is 0 Å². The SMILES string of the molecule is OCc1ccc(OCC(O)N2CCC(Nc3ccccc3F)C2)cc1. The van der Waals surface area contributed by atoms with E-state index in [1.54, 1.807) is 42.5 Å². The molecule has 2 atom stereocenters. The van der Waals surface area contributed by atoms with Crippen molar-refractivity contribution in [3.63, 3.8) is 0 Å². The van der Waals surface area contributed by atoms with E-state index in [9.17, 15) is 9.50 Å². The van der Waals surface area contributed by atoms with Crippen molar-refractivity contribution in [3.8, 4) is 5.75 Å². The minimum absolute atomic E-state index is 0.00687. The van der Waals surface area contributed by atoms with Crippen LogP contribution in [0.5, 0.6) is 5.75 Å². The Balaban J connectivity index is 1.47. The number of hydrogen-bond donors (Lipinski definition) is 3. The van der Waals surface area contributed by atoms with E-state index in [1.807, 2.05) is 4.90 Å². The standard InChI is InChI=1S/C19H23FN2O3/c20-17-3-1-2-4-18(17)21-15-9-10-22(11-15)19(24)13-25-16-7-5-14(12-23)6-8-16/h1-8,15,19,21,23-24H,9-13H2. The normalized spacial score (nSPS) is 18.9. The Morgan fingerprint density at radius 1 is 1.20 bits per heavy atom. The van der Waals surface area contributed by atoms with Crippen LogP contribution in [0.3, 0.4) is 0 Å². The summed E-state index contributed by atoms with van der Waals surface area (Å²) in [5.74, 6) is 0.382. The fourth-order valence-corrected chi connectivity index (χ4v) is 2.94. The van der Waals surface area contributed by atoms with Crippen molar-refractivity contribution in [2.45, 2.75) is 25.3 Å². The number of aliphatic hydroxyl groups excluding tert-OH is 2. The minimum Gasteiger partial charge on any atom is -0.489 e. The van der Waals surface area contributed by atoms with Crippen LogP contribution in [-0.4, -0.2) is 47.1 Å². The fourth-order valence-electron chi connectivity index (χ4n) is 2.94. The van der Waals surface area contributed by atoms with E-state index in [4.69, 9.17) is 9.84 Å². The molecule has 0 saturated carbocycles. The number of rotatable bonds is 7. The molecule has 2 unspecified atom stereocenters. The Hall–Kier alpha value is -2.15. The first kappa shape index (κ1) is 17.7. The number of aliphatic hydroxyl groups is 2. The van der Waals surface area contributed by atoms with Gasteiger partial charge in [0.25, 0.3) is 0 Å². The fraction of sp³-hybridized carbons (Fsp3) is 0.368. The molecule has 1 aliphatic rings. The summed E-state index contributed by atoms with van der Waals surface area (Å²) < 4.78 is 19.3. The number of nitrogens with one attached hydrogen (secondary N) is 1. The summed E-state index contributed by atoms with van der Waals surface area (Å²) in [7, 11) is 0. The molecular weight excluding hydrogens is 323 g/mol. The molecule has 0 bridgehead atoms. The Morgan fingerprint density at radius 2 is 1.96 bits per heavy atom. The van der Waals surface area contributed by atoms with Crippen molar-refractivity contribution in [2.24, 2.45) is 0 Å². The van der Waals surface area contributed by atoms with Gasteiger partial charge in [-0.15, -0.1) is 0 Å². The molecule has 1 fully saturated rings. The molecule has 5 nitrogen and oxygen atoms in total. The van der Waals surface area contributed by atoms with Crippen molar-refractivity contribution in [2.75, 3.05) is 25.0 Å². The van der Waals surface area contributed by atoms with Gasteiger partial charge >= 0.3 is 0 Å². The van der Waals surface area contributed by atoms with Gasteiger partial charge in [0.05, 0.1) is 12.3 Å². The Bertz CT molecular complexity index is 681. The summed E-state index contributed by atoms with van der Waals surface area (Å²) in [6.07, 6.45) is 0.112. The average Bonchev–Trinajstić information content (AvgIpc) is 3.11. The number of ether oxygens (including phenoxy) is 1. The van der Waals surface area contributed by atoms with E-state index in [0.717, 1.165) is 18.5 Å². The van der Waals surface area contributed by atoms with Gasteiger partial charge in [-0.25, -0.2) is 4.39 Å². The molecule has 6 heteroatoms. The number of benzene rings is 2. The van der Waals surface area contributed by atoms with Crippen LogP contribution in [0.25, 0.3) is 0 Å². The summed E-state index contributed by atoms with van der Waals surface area (Å²) in [5, 5.41) is 22.5. The molecule has 3 rings (SSSR count). The van der Waals surface area contributed by atoms with Gasteiger partial charge in [-0.05, 0) is 36.2 Å². The molecule has 0 aliphatic carbocycles. The lowest BCUT2D eigenvalue weighted by atomic mass is 10.2. The maximum absolute atomic E-state index is 13.7. The predicted octanol–water partition coefficient (Wildman–Crippen LogP) is 2.20. The lowest BCUT2D eigenvalue weighted by molar-refractivity contribution is -0.0146. The van der Waals surface area contributed by atoms with E-state index in [1.165, 1.54) is 6.07 Å². The molecule has 3 N–H and O–H groups in total. The predicted molar refractivity (Wildman–Crippen MR) is 93.9 cm³/mol. The third-order valence-corrected chi connectivity index (χ3v) is 4.38. The van der Waals surface area contributed by atoms with Crippen LogP contribution in [0.15, 0.2) is 48.5 Å². The molecule has 0 aromatic heterocycles. The second kappa shape index (κ2) is 8.29. The van der Waals surface area contributed by atoms with Crippen LogP contribution < -0.4 is 10.1 Å². The molecule has 0 spiro atoms. The van der Waals surface area contributed by atoms with Crippen LogP contribution in [0, 0.1) is 5.82 Å². The highest BCUT2D eigenvalue weighted by atomic mass is 19.1. The van der Waals surface area contributed by atoms with E-state index in [-0.39, 0.29) is 25.1 Å². The lowest BCUT2D eigenvalue weighted by Crippen LogP contribution is -2.39. The Kier molecular flexibility index (Phi) is 5.86. The van der Waals surface area contributed by atoms with Crippen LogP contribution in [-0.2, 0) is 6.61 Å². The highest BCUT2D eigenvalue weighted by Gasteiger charge is 2.27. The molecular formula is C19H23FN2O3. The maximum atomic E-state index is 13.7. The van der Waals surface area contributed by atoms with Gasteiger partial charge in [0, 0.05) is 19.1 Å². The monoisotopic (exact) mass is 346 g/mol. The first-order valence-electron chi connectivity index (χ1n) is 8.41. The summed E-state index contributed by atoms with van der Waals surface area (Å²) in [4.78, 5) is 1.92. The molecule has 2 aromatic carbocycles. The molecule has 2 aromatic rings. The zero-order chi connectivity index (χ0) is 17.6. The number of hydrogen-bond acceptors (Lipinski definition) is 5. The summed E-state index contributed by atoms with van der Waals surface area (Å²) in [6.45, 7) is 1.50. The van der Waals surface area contributed by atoms with Crippen LogP contribution >= 0.6 is 0 Å². The zero-order valence-corrected chi connectivity index (χ0v) is 13.9. The van der Waals surface area contributed by atoms with Gasteiger partial charge < -0.3 is 20.3 Å². The Labute approximate surface area is 146 Å².